The summed E-state index contributed by atoms with van der Waals surface area (Å²) in [6.45, 7) is 4.06. The Hall–Kier alpha value is -1.24. The van der Waals surface area contributed by atoms with E-state index in [1.54, 1.807) is 18.9 Å². The van der Waals surface area contributed by atoms with E-state index in [9.17, 15) is 4.79 Å². The van der Waals surface area contributed by atoms with Gasteiger partial charge in [-0.2, -0.15) is 0 Å². The highest BCUT2D eigenvalue weighted by atomic mass is 32.2. The van der Waals surface area contributed by atoms with Gasteiger partial charge in [0.25, 0.3) is 0 Å². The Balaban J connectivity index is 1.59. The summed E-state index contributed by atoms with van der Waals surface area (Å²) >= 11 is 1.57. The number of fused-ring (bicyclic) bond motifs is 3. The van der Waals surface area contributed by atoms with Crippen molar-refractivity contribution in [3.8, 4) is 5.75 Å². The zero-order valence-electron chi connectivity index (χ0n) is 13.7. The normalized spacial score (nSPS) is 25.0. The van der Waals surface area contributed by atoms with Gasteiger partial charge in [0.2, 0.25) is 5.91 Å². The zero-order valence-corrected chi connectivity index (χ0v) is 14.6. The van der Waals surface area contributed by atoms with Crippen LogP contribution in [0, 0.1) is 5.92 Å². The summed E-state index contributed by atoms with van der Waals surface area (Å²) in [6, 6.07) is 8.16. The van der Waals surface area contributed by atoms with Crippen LogP contribution in [0.2, 0.25) is 0 Å². The van der Waals surface area contributed by atoms with Gasteiger partial charge in [0.05, 0.1) is 32.1 Å². The molecule has 0 aliphatic carbocycles. The van der Waals surface area contributed by atoms with Crippen LogP contribution in [-0.4, -0.2) is 74.5 Å². The number of likely N-dealkylation sites (N-methyl/N-ethyl adjacent to an activating group) is 1. The highest BCUT2D eigenvalue weighted by Crippen LogP contribution is 2.24. The maximum absolute atomic E-state index is 12.6. The van der Waals surface area contributed by atoms with Crippen molar-refractivity contribution in [1.29, 1.82) is 0 Å². The molecule has 0 spiro atoms. The molecule has 2 bridgehead atoms. The van der Waals surface area contributed by atoms with Crippen molar-refractivity contribution in [2.75, 3.05) is 52.8 Å². The average molecular weight is 336 g/mol. The summed E-state index contributed by atoms with van der Waals surface area (Å²) in [5.74, 6) is 1.92. The van der Waals surface area contributed by atoms with Crippen LogP contribution in [0.15, 0.2) is 29.2 Å². The fourth-order valence-electron chi connectivity index (χ4n) is 3.18. The third kappa shape index (κ3) is 4.19. The predicted octanol–water partition coefficient (Wildman–Crippen LogP) is 1.58. The summed E-state index contributed by atoms with van der Waals surface area (Å²) in [5.41, 5.74) is 0. The van der Waals surface area contributed by atoms with Crippen molar-refractivity contribution in [3.05, 3.63) is 24.3 Å². The second kappa shape index (κ2) is 7.55. The number of amides is 1. The Kier molecular flexibility index (Phi) is 5.46. The fraction of sp³-hybridized carbons (Fsp3) is 0.588. The van der Waals surface area contributed by atoms with E-state index in [1.807, 2.05) is 29.2 Å². The van der Waals surface area contributed by atoms with Crippen LogP contribution < -0.4 is 4.74 Å². The molecule has 2 fully saturated rings. The molecule has 0 N–H and O–H groups in total. The molecule has 126 valence electrons. The van der Waals surface area contributed by atoms with Gasteiger partial charge in [0.15, 0.2) is 0 Å². The number of rotatable bonds is 4. The Morgan fingerprint density at radius 2 is 2.22 bits per heavy atom. The van der Waals surface area contributed by atoms with Gasteiger partial charge in [0.1, 0.15) is 5.75 Å². The Bertz CT molecular complexity index is 554. The van der Waals surface area contributed by atoms with Gasteiger partial charge in [0, 0.05) is 30.4 Å². The second-order valence-corrected chi connectivity index (χ2v) is 7.31. The van der Waals surface area contributed by atoms with Crippen molar-refractivity contribution in [2.24, 2.45) is 5.92 Å². The maximum Gasteiger partial charge on any atom is 0.232 e. The molecular weight excluding hydrogens is 312 g/mol. The molecule has 2 aliphatic heterocycles. The lowest BCUT2D eigenvalue weighted by atomic mass is 10.1. The molecule has 0 saturated carbocycles. The van der Waals surface area contributed by atoms with Crippen LogP contribution in [0.25, 0.3) is 0 Å². The first-order valence-corrected chi connectivity index (χ1v) is 8.97. The van der Waals surface area contributed by atoms with Crippen LogP contribution in [-0.2, 0) is 9.53 Å². The van der Waals surface area contributed by atoms with Crippen LogP contribution >= 0.6 is 11.8 Å². The molecule has 3 rings (SSSR count). The molecule has 2 heterocycles. The van der Waals surface area contributed by atoms with E-state index in [2.05, 4.69) is 11.9 Å². The maximum atomic E-state index is 12.6. The van der Waals surface area contributed by atoms with Crippen molar-refractivity contribution < 1.29 is 14.3 Å². The lowest BCUT2D eigenvalue weighted by Gasteiger charge is -2.29. The summed E-state index contributed by atoms with van der Waals surface area (Å²) in [6.07, 6.45) is 0. The average Bonchev–Trinajstić information content (AvgIpc) is 2.81. The van der Waals surface area contributed by atoms with Gasteiger partial charge in [-0.25, -0.2) is 0 Å². The van der Waals surface area contributed by atoms with Gasteiger partial charge in [-0.15, -0.1) is 11.8 Å². The largest absolute Gasteiger partial charge is 0.497 e. The Morgan fingerprint density at radius 3 is 3.04 bits per heavy atom. The molecule has 23 heavy (non-hydrogen) atoms. The minimum atomic E-state index is 0.213. The highest BCUT2D eigenvalue weighted by Gasteiger charge is 2.33. The third-order valence-electron chi connectivity index (χ3n) is 4.50. The van der Waals surface area contributed by atoms with E-state index < -0.39 is 0 Å². The van der Waals surface area contributed by atoms with Crippen LogP contribution in [0.3, 0.4) is 0 Å². The SMILES string of the molecule is COc1cccc(SCC(=O)N2C[C@@H]3COC[C@H](C2)N(C)C3)c1. The summed E-state index contributed by atoms with van der Waals surface area (Å²) < 4.78 is 10.9. The molecule has 0 aromatic heterocycles. The van der Waals surface area contributed by atoms with Crippen molar-refractivity contribution in [2.45, 2.75) is 10.9 Å². The minimum Gasteiger partial charge on any atom is -0.497 e. The summed E-state index contributed by atoms with van der Waals surface area (Å²) in [4.78, 5) is 18.0. The van der Waals surface area contributed by atoms with E-state index in [-0.39, 0.29) is 5.91 Å². The first-order valence-electron chi connectivity index (χ1n) is 7.98. The number of nitrogens with zero attached hydrogens (tertiary/aromatic N) is 2. The molecular formula is C17H24N2O3S. The Labute approximate surface area is 141 Å². The standard InChI is InChI=1S/C17H24N2O3S/c1-18-7-13-8-19(9-14(18)11-22-10-13)17(20)12-23-16-5-3-4-15(6-16)21-2/h3-6,13-14H,7-12H2,1-2H3/t13-,14+/m1/s1. The number of hydrogen-bond donors (Lipinski definition) is 0. The summed E-state index contributed by atoms with van der Waals surface area (Å²) in [5, 5.41) is 0. The molecule has 2 atom stereocenters. The van der Waals surface area contributed by atoms with Crippen LogP contribution in [0.1, 0.15) is 0 Å². The van der Waals surface area contributed by atoms with Crippen LogP contribution in [0.4, 0.5) is 0 Å². The minimum absolute atomic E-state index is 0.213. The first kappa shape index (κ1) is 16.6. The number of hydrogen-bond acceptors (Lipinski definition) is 5. The smallest absolute Gasteiger partial charge is 0.232 e. The number of carbonyl (C=O) groups is 1. The monoisotopic (exact) mass is 336 g/mol. The van der Waals surface area contributed by atoms with Gasteiger partial charge < -0.3 is 14.4 Å². The third-order valence-corrected chi connectivity index (χ3v) is 5.48. The van der Waals surface area contributed by atoms with E-state index in [4.69, 9.17) is 9.47 Å². The molecule has 5 nitrogen and oxygen atoms in total. The number of benzene rings is 1. The molecule has 0 radical (unpaired) electrons. The van der Waals surface area contributed by atoms with Crippen molar-refractivity contribution in [3.63, 3.8) is 0 Å². The molecule has 1 aromatic carbocycles. The fourth-order valence-corrected chi connectivity index (χ4v) is 4.03. The van der Waals surface area contributed by atoms with E-state index in [1.165, 1.54) is 0 Å². The molecule has 6 heteroatoms. The lowest BCUT2D eigenvalue weighted by molar-refractivity contribution is -0.130. The van der Waals surface area contributed by atoms with Gasteiger partial charge in [-0.3, -0.25) is 9.69 Å². The van der Waals surface area contributed by atoms with Gasteiger partial charge >= 0.3 is 0 Å². The number of thioether (sulfide) groups is 1. The van der Waals surface area contributed by atoms with Crippen molar-refractivity contribution in [1.82, 2.24) is 9.80 Å². The molecule has 2 aliphatic rings. The molecule has 2 saturated heterocycles. The summed E-state index contributed by atoms with van der Waals surface area (Å²) in [7, 11) is 3.79. The molecule has 1 amide bonds. The second-order valence-electron chi connectivity index (χ2n) is 6.26. The predicted molar refractivity (Wildman–Crippen MR) is 91.0 cm³/mol. The van der Waals surface area contributed by atoms with Gasteiger partial charge in [-0.05, 0) is 25.2 Å². The lowest BCUT2D eigenvalue weighted by Crippen LogP contribution is -2.45. The number of ether oxygens (including phenoxy) is 2. The molecule has 0 unspecified atom stereocenters. The van der Waals surface area contributed by atoms with Crippen molar-refractivity contribution >= 4 is 17.7 Å². The first-order chi connectivity index (χ1) is 11.2. The number of carbonyl (C=O) groups excluding carboxylic acids is 1. The Morgan fingerprint density at radius 1 is 1.35 bits per heavy atom. The van der Waals surface area contributed by atoms with Gasteiger partial charge in [-0.1, -0.05) is 6.07 Å². The number of methoxy groups -OCH3 is 1. The molecule has 1 aromatic rings. The van der Waals surface area contributed by atoms with E-state index in [0.717, 1.165) is 43.5 Å². The van der Waals surface area contributed by atoms with E-state index in [0.29, 0.717) is 17.7 Å². The topological polar surface area (TPSA) is 42.0 Å². The zero-order chi connectivity index (χ0) is 16.2. The quantitative estimate of drug-likeness (QED) is 0.781. The van der Waals surface area contributed by atoms with Crippen LogP contribution in [0.5, 0.6) is 5.75 Å². The van der Waals surface area contributed by atoms with E-state index >= 15 is 0 Å². The highest BCUT2D eigenvalue weighted by molar-refractivity contribution is 8.00.